The molecule has 1 nitrogen and oxygen atoms in total. The molecule has 0 aromatic carbocycles. The van der Waals surface area contributed by atoms with Gasteiger partial charge in [0.05, 0.1) is 0 Å². The fourth-order valence-electron chi connectivity index (χ4n) is 0.890. The molecule has 0 N–H and O–H groups in total. The smallest absolute Gasteiger partial charge is 0.0473 e. The highest BCUT2D eigenvalue weighted by Gasteiger charge is 1.88. The standard InChI is InChI=1S/C9H19IO/c1-2-3-4-5-8-11-9-6-7-10/h2-9H2,1H3. The van der Waals surface area contributed by atoms with Crippen LogP contribution in [0, 0.1) is 0 Å². The maximum atomic E-state index is 5.42. The summed E-state index contributed by atoms with van der Waals surface area (Å²) < 4.78 is 6.63. The molecule has 0 rings (SSSR count). The lowest BCUT2D eigenvalue weighted by Crippen LogP contribution is -1.97. The lowest BCUT2D eigenvalue weighted by atomic mass is 10.2. The second-order valence-electron chi connectivity index (χ2n) is 2.72. The summed E-state index contributed by atoms with van der Waals surface area (Å²) in [7, 11) is 0. The number of unbranched alkanes of at least 4 members (excludes halogenated alkanes) is 3. The van der Waals surface area contributed by atoms with Gasteiger partial charge in [0.25, 0.3) is 0 Å². The number of halogens is 1. The summed E-state index contributed by atoms with van der Waals surface area (Å²) in [6.45, 7) is 4.16. The Bertz CT molecular complexity index is 58.6. The fraction of sp³-hybridized carbons (Fsp3) is 1.00. The second kappa shape index (κ2) is 10.7. The first-order valence-corrected chi connectivity index (χ1v) is 6.08. The van der Waals surface area contributed by atoms with Gasteiger partial charge in [0.15, 0.2) is 0 Å². The minimum atomic E-state index is 0.953. The highest BCUT2D eigenvalue weighted by Crippen LogP contribution is 1.99. The summed E-state index contributed by atoms with van der Waals surface area (Å²) in [5.41, 5.74) is 0. The van der Waals surface area contributed by atoms with E-state index in [4.69, 9.17) is 4.74 Å². The van der Waals surface area contributed by atoms with Crippen LogP contribution in [-0.2, 0) is 4.74 Å². The van der Waals surface area contributed by atoms with E-state index in [9.17, 15) is 0 Å². The summed E-state index contributed by atoms with van der Waals surface area (Å²) in [4.78, 5) is 0. The summed E-state index contributed by atoms with van der Waals surface area (Å²) in [6, 6.07) is 0. The number of hydrogen-bond acceptors (Lipinski definition) is 1. The first-order valence-electron chi connectivity index (χ1n) is 4.55. The average molecular weight is 270 g/mol. The number of alkyl halides is 1. The molecule has 0 aliphatic carbocycles. The quantitative estimate of drug-likeness (QED) is 0.373. The van der Waals surface area contributed by atoms with Crippen LogP contribution >= 0.6 is 22.6 Å². The first-order chi connectivity index (χ1) is 5.41. The van der Waals surface area contributed by atoms with Crippen LogP contribution in [-0.4, -0.2) is 17.6 Å². The van der Waals surface area contributed by atoms with Gasteiger partial charge in [0, 0.05) is 17.6 Å². The molecule has 0 saturated heterocycles. The molecule has 0 aliphatic heterocycles. The van der Waals surface area contributed by atoms with Gasteiger partial charge in [0.2, 0.25) is 0 Å². The maximum absolute atomic E-state index is 5.42. The Morgan fingerprint density at radius 1 is 1.00 bits per heavy atom. The van der Waals surface area contributed by atoms with Crippen molar-refractivity contribution in [3.8, 4) is 0 Å². The predicted molar refractivity (Wildman–Crippen MR) is 58.5 cm³/mol. The third-order valence-electron chi connectivity index (χ3n) is 1.56. The Hall–Kier alpha value is 0.690. The van der Waals surface area contributed by atoms with Crippen molar-refractivity contribution in [2.75, 3.05) is 17.6 Å². The van der Waals surface area contributed by atoms with E-state index in [1.807, 2.05) is 0 Å². The van der Waals surface area contributed by atoms with Crippen LogP contribution in [0.15, 0.2) is 0 Å². The van der Waals surface area contributed by atoms with Crippen LogP contribution in [0.25, 0.3) is 0 Å². The zero-order chi connectivity index (χ0) is 8.36. The highest BCUT2D eigenvalue weighted by atomic mass is 127. The summed E-state index contributed by atoms with van der Waals surface area (Å²) in [5.74, 6) is 0. The van der Waals surface area contributed by atoms with E-state index >= 15 is 0 Å². The molecule has 0 aromatic rings. The third kappa shape index (κ3) is 10.7. The van der Waals surface area contributed by atoms with Crippen molar-refractivity contribution in [1.29, 1.82) is 0 Å². The normalized spacial score (nSPS) is 10.4. The monoisotopic (exact) mass is 270 g/mol. The molecule has 0 amide bonds. The Labute approximate surface area is 84.0 Å². The molecule has 0 bridgehead atoms. The summed E-state index contributed by atoms with van der Waals surface area (Å²) in [6.07, 6.45) is 6.45. The van der Waals surface area contributed by atoms with Gasteiger partial charge in [0.1, 0.15) is 0 Å². The van der Waals surface area contributed by atoms with Gasteiger partial charge in [-0.15, -0.1) is 0 Å². The molecular formula is C9H19IO. The van der Waals surface area contributed by atoms with E-state index in [2.05, 4.69) is 29.5 Å². The van der Waals surface area contributed by atoms with Gasteiger partial charge in [-0.1, -0.05) is 48.8 Å². The van der Waals surface area contributed by atoms with Crippen molar-refractivity contribution < 1.29 is 4.74 Å². The minimum absolute atomic E-state index is 0.953. The van der Waals surface area contributed by atoms with Gasteiger partial charge < -0.3 is 4.74 Å². The largest absolute Gasteiger partial charge is 0.381 e. The molecule has 0 radical (unpaired) electrons. The molecule has 0 aromatic heterocycles. The van der Waals surface area contributed by atoms with E-state index in [1.54, 1.807) is 0 Å². The molecule has 68 valence electrons. The molecule has 0 spiro atoms. The molecule has 0 saturated carbocycles. The molecule has 0 unspecified atom stereocenters. The van der Waals surface area contributed by atoms with Crippen molar-refractivity contribution >= 4 is 22.6 Å². The fourth-order valence-corrected chi connectivity index (χ4v) is 1.20. The molecule has 0 fully saturated rings. The number of ether oxygens (including phenoxy) is 1. The van der Waals surface area contributed by atoms with Crippen LogP contribution in [0.3, 0.4) is 0 Å². The maximum Gasteiger partial charge on any atom is 0.0473 e. The SMILES string of the molecule is CCCCCCOCCCI. The molecule has 0 atom stereocenters. The van der Waals surface area contributed by atoms with Gasteiger partial charge in [-0.2, -0.15) is 0 Å². The van der Waals surface area contributed by atoms with Crippen LogP contribution in [0.2, 0.25) is 0 Å². The van der Waals surface area contributed by atoms with Gasteiger partial charge in [-0.3, -0.25) is 0 Å². The molecule has 2 heteroatoms. The molecule has 11 heavy (non-hydrogen) atoms. The van der Waals surface area contributed by atoms with Gasteiger partial charge >= 0.3 is 0 Å². The van der Waals surface area contributed by atoms with Crippen LogP contribution in [0.1, 0.15) is 39.0 Å². The Morgan fingerprint density at radius 2 is 1.73 bits per heavy atom. The Balaban J connectivity index is 2.69. The van der Waals surface area contributed by atoms with Crippen molar-refractivity contribution in [3.05, 3.63) is 0 Å². The Kier molecular flexibility index (Phi) is 11.4. The lowest BCUT2D eigenvalue weighted by Gasteiger charge is -2.01. The average Bonchev–Trinajstić information content (AvgIpc) is 2.03. The van der Waals surface area contributed by atoms with Crippen molar-refractivity contribution in [2.45, 2.75) is 39.0 Å². The predicted octanol–water partition coefficient (Wildman–Crippen LogP) is 3.41. The topological polar surface area (TPSA) is 9.23 Å². The molecular weight excluding hydrogens is 251 g/mol. The van der Waals surface area contributed by atoms with Gasteiger partial charge in [-0.05, 0) is 12.8 Å². The molecule has 0 heterocycles. The highest BCUT2D eigenvalue weighted by molar-refractivity contribution is 14.1. The lowest BCUT2D eigenvalue weighted by molar-refractivity contribution is 0.131. The second-order valence-corrected chi connectivity index (χ2v) is 3.79. The first kappa shape index (κ1) is 11.7. The van der Waals surface area contributed by atoms with Crippen LogP contribution in [0.4, 0.5) is 0 Å². The summed E-state index contributed by atoms with van der Waals surface area (Å²) >= 11 is 2.38. The summed E-state index contributed by atoms with van der Waals surface area (Å²) in [5, 5.41) is 0. The van der Waals surface area contributed by atoms with Crippen molar-refractivity contribution in [1.82, 2.24) is 0 Å². The molecule has 0 aliphatic rings. The minimum Gasteiger partial charge on any atom is -0.381 e. The van der Waals surface area contributed by atoms with Crippen molar-refractivity contribution in [3.63, 3.8) is 0 Å². The Morgan fingerprint density at radius 3 is 2.36 bits per heavy atom. The number of rotatable bonds is 8. The van der Waals surface area contributed by atoms with E-state index in [0.717, 1.165) is 13.2 Å². The van der Waals surface area contributed by atoms with E-state index < -0.39 is 0 Å². The number of hydrogen-bond donors (Lipinski definition) is 0. The van der Waals surface area contributed by atoms with E-state index in [-0.39, 0.29) is 0 Å². The van der Waals surface area contributed by atoms with E-state index in [1.165, 1.54) is 36.5 Å². The van der Waals surface area contributed by atoms with Crippen LogP contribution < -0.4 is 0 Å². The van der Waals surface area contributed by atoms with Crippen LogP contribution in [0.5, 0.6) is 0 Å². The zero-order valence-corrected chi connectivity index (χ0v) is 9.60. The zero-order valence-electron chi connectivity index (χ0n) is 7.44. The third-order valence-corrected chi connectivity index (χ3v) is 2.33. The van der Waals surface area contributed by atoms with E-state index in [0.29, 0.717) is 0 Å². The van der Waals surface area contributed by atoms with Gasteiger partial charge in [-0.25, -0.2) is 0 Å². The van der Waals surface area contributed by atoms with Crippen molar-refractivity contribution in [2.24, 2.45) is 0 Å².